The van der Waals surface area contributed by atoms with Gasteiger partial charge in [-0.05, 0) is 23.8 Å². The van der Waals surface area contributed by atoms with Gasteiger partial charge in [0.15, 0.2) is 0 Å². The highest BCUT2D eigenvalue weighted by Crippen LogP contribution is 2.16. The zero-order valence-corrected chi connectivity index (χ0v) is 14.3. The molecule has 1 aromatic heterocycles. The first-order valence-corrected chi connectivity index (χ1v) is 8.17. The molecule has 0 bridgehead atoms. The van der Waals surface area contributed by atoms with E-state index in [0.717, 1.165) is 10.0 Å². The summed E-state index contributed by atoms with van der Waals surface area (Å²) in [5.74, 6) is 0.327. The van der Waals surface area contributed by atoms with Crippen molar-refractivity contribution in [1.82, 2.24) is 9.97 Å². The van der Waals surface area contributed by atoms with Gasteiger partial charge in [0.05, 0.1) is 12.4 Å². The Morgan fingerprint density at radius 1 is 1.00 bits per heavy atom. The minimum atomic E-state index is -0.296. The number of halogens is 1. The monoisotopic (exact) mass is 382 g/mol. The predicted molar refractivity (Wildman–Crippen MR) is 97.9 cm³/mol. The number of hydrogen-bond acceptors (Lipinski definition) is 4. The van der Waals surface area contributed by atoms with Crippen LogP contribution in [0.3, 0.4) is 0 Å². The van der Waals surface area contributed by atoms with Gasteiger partial charge in [0, 0.05) is 16.7 Å². The van der Waals surface area contributed by atoms with Crippen LogP contribution in [-0.2, 0) is 6.54 Å². The third kappa shape index (κ3) is 4.39. The van der Waals surface area contributed by atoms with Gasteiger partial charge in [0.25, 0.3) is 5.91 Å². The number of nitrogens with zero attached hydrogens (tertiary/aromatic N) is 2. The fourth-order valence-electron chi connectivity index (χ4n) is 2.09. The van der Waals surface area contributed by atoms with Crippen molar-refractivity contribution in [3.05, 3.63) is 82.7 Å². The van der Waals surface area contributed by atoms with Gasteiger partial charge in [0.1, 0.15) is 11.5 Å². The molecular formula is C18H15BrN4O. The quantitative estimate of drug-likeness (QED) is 0.696. The molecule has 0 radical (unpaired) electrons. The molecule has 2 N–H and O–H groups in total. The van der Waals surface area contributed by atoms with Crippen LogP contribution in [0.4, 0.5) is 11.5 Å². The number of rotatable bonds is 5. The summed E-state index contributed by atoms with van der Waals surface area (Å²) < 4.78 is 0.895. The first-order chi connectivity index (χ1) is 11.7. The Hall–Kier alpha value is -2.73. The SMILES string of the molecule is O=C(Nc1cccc(Br)c1)c1cnc(NCc2ccccc2)cn1. The van der Waals surface area contributed by atoms with Gasteiger partial charge in [-0.25, -0.2) is 9.97 Å². The number of hydrogen-bond donors (Lipinski definition) is 2. The number of benzene rings is 2. The highest BCUT2D eigenvalue weighted by Gasteiger charge is 2.08. The lowest BCUT2D eigenvalue weighted by Gasteiger charge is -2.07. The maximum Gasteiger partial charge on any atom is 0.275 e. The largest absolute Gasteiger partial charge is 0.365 e. The van der Waals surface area contributed by atoms with Crippen LogP contribution in [0.5, 0.6) is 0 Å². The lowest BCUT2D eigenvalue weighted by molar-refractivity contribution is 0.102. The van der Waals surface area contributed by atoms with E-state index in [9.17, 15) is 4.79 Å². The summed E-state index contributed by atoms with van der Waals surface area (Å²) in [6.45, 7) is 0.652. The van der Waals surface area contributed by atoms with Crippen LogP contribution in [0, 0.1) is 0 Å². The fraction of sp³-hybridized carbons (Fsp3) is 0.0556. The molecule has 3 rings (SSSR count). The summed E-state index contributed by atoms with van der Waals surface area (Å²) in [6, 6.07) is 17.4. The van der Waals surface area contributed by atoms with Gasteiger partial charge in [-0.1, -0.05) is 52.3 Å². The second-order valence-corrected chi connectivity index (χ2v) is 6.01. The van der Waals surface area contributed by atoms with Crippen molar-refractivity contribution in [2.75, 3.05) is 10.6 Å². The van der Waals surface area contributed by atoms with Gasteiger partial charge in [0.2, 0.25) is 0 Å². The van der Waals surface area contributed by atoms with Crippen molar-refractivity contribution in [1.29, 1.82) is 0 Å². The molecule has 1 amide bonds. The summed E-state index contributed by atoms with van der Waals surface area (Å²) in [7, 11) is 0. The molecule has 0 atom stereocenters. The van der Waals surface area contributed by atoms with E-state index in [1.54, 1.807) is 6.20 Å². The number of nitrogens with one attached hydrogen (secondary N) is 2. The van der Waals surface area contributed by atoms with E-state index >= 15 is 0 Å². The Kier molecular flexibility index (Phi) is 5.18. The van der Waals surface area contributed by atoms with Crippen LogP contribution in [0.15, 0.2) is 71.5 Å². The molecule has 0 saturated heterocycles. The Bertz CT molecular complexity index is 822. The van der Waals surface area contributed by atoms with Gasteiger partial charge in [-0.15, -0.1) is 0 Å². The summed E-state index contributed by atoms with van der Waals surface area (Å²) in [4.78, 5) is 20.6. The van der Waals surface area contributed by atoms with Crippen molar-refractivity contribution in [3.63, 3.8) is 0 Å². The Balaban J connectivity index is 1.60. The highest BCUT2D eigenvalue weighted by molar-refractivity contribution is 9.10. The van der Waals surface area contributed by atoms with Crippen LogP contribution in [0.2, 0.25) is 0 Å². The summed E-state index contributed by atoms with van der Waals surface area (Å²) in [5.41, 5.74) is 2.11. The van der Waals surface area contributed by atoms with E-state index in [0.29, 0.717) is 18.1 Å². The van der Waals surface area contributed by atoms with Crippen molar-refractivity contribution < 1.29 is 4.79 Å². The van der Waals surface area contributed by atoms with E-state index in [4.69, 9.17) is 0 Å². The second kappa shape index (κ2) is 7.70. The van der Waals surface area contributed by atoms with Crippen LogP contribution in [0.1, 0.15) is 16.1 Å². The maximum absolute atomic E-state index is 12.2. The zero-order valence-electron chi connectivity index (χ0n) is 12.7. The zero-order chi connectivity index (χ0) is 16.8. The van der Waals surface area contributed by atoms with E-state index in [1.165, 1.54) is 6.20 Å². The second-order valence-electron chi connectivity index (χ2n) is 5.09. The molecule has 0 aliphatic carbocycles. The maximum atomic E-state index is 12.2. The minimum Gasteiger partial charge on any atom is -0.365 e. The first-order valence-electron chi connectivity index (χ1n) is 7.37. The van der Waals surface area contributed by atoms with Gasteiger partial charge < -0.3 is 10.6 Å². The molecule has 0 aliphatic rings. The molecule has 5 nitrogen and oxygen atoms in total. The smallest absolute Gasteiger partial charge is 0.275 e. The minimum absolute atomic E-state index is 0.264. The molecule has 0 fully saturated rings. The molecule has 0 aliphatic heterocycles. The number of carbonyl (C=O) groups excluding carboxylic acids is 1. The number of aromatic nitrogens is 2. The molecule has 2 aromatic carbocycles. The molecule has 120 valence electrons. The average Bonchev–Trinajstić information content (AvgIpc) is 2.61. The number of amides is 1. The van der Waals surface area contributed by atoms with Crippen LogP contribution in [-0.4, -0.2) is 15.9 Å². The molecule has 3 aromatic rings. The van der Waals surface area contributed by atoms with Crippen molar-refractivity contribution >= 4 is 33.3 Å². The Morgan fingerprint density at radius 2 is 1.83 bits per heavy atom. The van der Waals surface area contributed by atoms with E-state index < -0.39 is 0 Å². The Labute approximate surface area is 148 Å². The summed E-state index contributed by atoms with van der Waals surface area (Å²) in [6.07, 6.45) is 3.01. The van der Waals surface area contributed by atoms with Crippen LogP contribution >= 0.6 is 15.9 Å². The molecule has 0 spiro atoms. The first kappa shape index (κ1) is 16.1. The lowest BCUT2D eigenvalue weighted by Crippen LogP contribution is -2.14. The predicted octanol–water partition coefficient (Wildman–Crippen LogP) is 4.10. The summed E-state index contributed by atoms with van der Waals surface area (Å²) >= 11 is 3.37. The third-order valence-corrected chi connectivity index (χ3v) is 3.78. The topological polar surface area (TPSA) is 66.9 Å². The molecular weight excluding hydrogens is 368 g/mol. The summed E-state index contributed by atoms with van der Waals surface area (Å²) in [5, 5.41) is 5.96. The van der Waals surface area contributed by atoms with Gasteiger partial charge in [-0.3, -0.25) is 4.79 Å². The normalized spacial score (nSPS) is 10.2. The number of carbonyl (C=O) groups is 1. The third-order valence-electron chi connectivity index (χ3n) is 3.28. The number of anilines is 2. The molecule has 24 heavy (non-hydrogen) atoms. The molecule has 6 heteroatoms. The van der Waals surface area contributed by atoms with Gasteiger partial charge in [-0.2, -0.15) is 0 Å². The van der Waals surface area contributed by atoms with Gasteiger partial charge >= 0.3 is 0 Å². The van der Waals surface area contributed by atoms with E-state index in [1.807, 2.05) is 54.6 Å². The lowest BCUT2D eigenvalue weighted by atomic mass is 10.2. The van der Waals surface area contributed by atoms with E-state index in [2.05, 4.69) is 36.5 Å². The standard InChI is InChI=1S/C18H15BrN4O/c19-14-7-4-8-15(9-14)23-18(24)16-11-22-17(12-20-16)21-10-13-5-2-1-3-6-13/h1-9,11-12H,10H2,(H,21,22)(H,23,24). The molecule has 1 heterocycles. The molecule has 0 saturated carbocycles. The Morgan fingerprint density at radius 3 is 2.54 bits per heavy atom. The fourth-order valence-corrected chi connectivity index (χ4v) is 2.49. The van der Waals surface area contributed by atoms with E-state index in [-0.39, 0.29) is 11.6 Å². The molecule has 0 unspecified atom stereocenters. The van der Waals surface area contributed by atoms with Crippen LogP contribution < -0.4 is 10.6 Å². The highest BCUT2D eigenvalue weighted by atomic mass is 79.9. The van der Waals surface area contributed by atoms with Crippen molar-refractivity contribution in [2.45, 2.75) is 6.54 Å². The average molecular weight is 383 g/mol. The van der Waals surface area contributed by atoms with Crippen molar-refractivity contribution in [3.8, 4) is 0 Å². The van der Waals surface area contributed by atoms with Crippen molar-refractivity contribution in [2.24, 2.45) is 0 Å². The van der Waals surface area contributed by atoms with Crippen LogP contribution in [0.25, 0.3) is 0 Å².